The van der Waals surface area contributed by atoms with Gasteiger partial charge in [-0.2, -0.15) is 10.2 Å². The second-order valence-electron chi connectivity index (χ2n) is 6.64. The van der Waals surface area contributed by atoms with Crippen molar-refractivity contribution in [3.05, 3.63) is 34.9 Å². The van der Waals surface area contributed by atoms with E-state index in [0.29, 0.717) is 19.5 Å². The lowest BCUT2D eigenvalue weighted by atomic mass is 10.2. The minimum absolute atomic E-state index is 0.0686. The number of rotatable bonds is 6. The molecule has 8 nitrogen and oxygen atoms in total. The summed E-state index contributed by atoms with van der Waals surface area (Å²) in [7, 11) is 3.73. The van der Waals surface area contributed by atoms with Gasteiger partial charge in [0.05, 0.1) is 24.2 Å². The van der Waals surface area contributed by atoms with Gasteiger partial charge in [-0.1, -0.05) is 0 Å². The van der Waals surface area contributed by atoms with Crippen LogP contribution in [0, 0.1) is 25.7 Å². The summed E-state index contributed by atoms with van der Waals surface area (Å²) >= 11 is 0. The lowest BCUT2D eigenvalue weighted by molar-refractivity contribution is -0.127. The van der Waals surface area contributed by atoms with Crippen molar-refractivity contribution in [1.82, 2.24) is 30.2 Å². The van der Waals surface area contributed by atoms with Crippen LogP contribution in [0.4, 0.5) is 0 Å². The predicted octanol–water partition coefficient (Wildman–Crippen LogP) is 0.339. The first kappa shape index (κ1) is 17.2. The fourth-order valence-corrected chi connectivity index (χ4v) is 2.84. The summed E-state index contributed by atoms with van der Waals surface area (Å²) in [6, 6.07) is 0. The molecule has 0 saturated heterocycles. The molecule has 1 fully saturated rings. The number of aromatic nitrogens is 4. The molecule has 0 bridgehead atoms. The lowest BCUT2D eigenvalue weighted by Gasteiger charge is -2.06. The van der Waals surface area contributed by atoms with E-state index in [2.05, 4.69) is 20.8 Å². The minimum atomic E-state index is -0.230. The Labute approximate surface area is 146 Å². The number of carbonyl (C=O) groups excluding carboxylic acids is 2. The quantitative estimate of drug-likeness (QED) is 0.790. The van der Waals surface area contributed by atoms with Crippen LogP contribution in [-0.2, 0) is 36.8 Å². The topological polar surface area (TPSA) is 93.8 Å². The van der Waals surface area contributed by atoms with E-state index in [1.807, 2.05) is 27.9 Å². The number of hydrogen-bond acceptors (Lipinski definition) is 4. The third-order valence-corrected chi connectivity index (χ3v) is 5.04. The van der Waals surface area contributed by atoms with Crippen LogP contribution in [0.3, 0.4) is 0 Å². The van der Waals surface area contributed by atoms with Gasteiger partial charge in [-0.15, -0.1) is 0 Å². The molecular weight excluding hydrogens is 320 g/mol. The molecule has 8 heteroatoms. The molecule has 0 unspecified atom stereocenters. The Morgan fingerprint density at radius 3 is 1.68 bits per heavy atom. The van der Waals surface area contributed by atoms with Gasteiger partial charge in [-0.05, 0) is 20.3 Å². The monoisotopic (exact) mass is 344 g/mol. The Hall–Kier alpha value is -2.64. The molecule has 0 spiro atoms. The molecule has 1 aliphatic rings. The van der Waals surface area contributed by atoms with E-state index in [0.717, 1.165) is 22.5 Å². The molecule has 2 N–H and O–H groups in total. The molecule has 2 aromatic heterocycles. The van der Waals surface area contributed by atoms with Crippen LogP contribution in [0.5, 0.6) is 0 Å². The number of amides is 2. The summed E-state index contributed by atoms with van der Waals surface area (Å²) < 4.78 is 3.55. The highest BCUT2D eigenvalue weighted by Crippen LogP contribution is 2.38. The lowest BCUT2D eigenvalue weighted by Crippen LogP contribution is -2.30. The van der Waals surface area contributed by atoms with Crippen molar-refractivity contribution >= 4 is 11.8 Å². The van der Waals surface area contributed by atoms with E-state index in [-0.39, 0.29) is 23.7 Å². The van der Waals surface area contributed by atoms with Crippen molar-refractivity contribution in [2.75, 3.05) is 0 Å². The number of aryl methyl sites for hydroxylation is 2. The van der Waals surface area contributed by atoms with Crippen LogP contribution >= 0.6 is 0 Å². The number of nitrogens with zero attached hydrogens (tertiary/aromatic N) is 4. The van der Waals surface area contributed by atoms with Gasteiger partial charge >= 0.3 is 0 Å². The van der Waals surface area contributed by atoms with E-state index in [1.54, 1.807) is 21.8 Å². The summed E-state index contributed by atoms with van der Waals surface area (Å²) in [5.41, 5.74) is 4.03. The van der Waals surface area contributed by atoms with Gasteiger partial charge in [-0.25, -0.2) is 0 Å². The van der Waals surface area contributed by atoms with Gasteiger partial charge in [-0.3, -0.25) is 19.0 Å². The molecule has 134 valence electrons. The van der Waals surface area contributed by atoms with E-state index >= 15 is 0 Å². The molecule has 0 aromatic carbocycles. The first-order valence-corrected chi connectivity index (χ1v) is 8.39. The van der Waals surface area contributed by atoms with Crippen LogP contribution in [0.15, 0.2) is 12.4 Å². The summed E-state index contributed by atoms with van der Waals surface area (Å²) in [6.45, 7) is 4.81. The Morgan fingerprint density at radius 2 is 1.36 bits per heavy atom. The summed E-state index contributed by atoms with van der Waals surface area (Å²) in [4.78, 5) is 24.4. The van der Waals surface area contributed by atoms with Gasteiger partial charge in [0.25, 0.3) is 0 Å². The van der Waals surface area contributed by atoms with E-state index in [1.165, 1.54) is 0 Å². The van der Waals surface area contributed by atoms with E-state index < -0.39 is 0 Å². The Kier molecular flexibility index (Phi) is 4.61. The molecule has 2 amide bonds. The zero-order valence-corrected chi connectivity index (χ0v) is 15.0. The summed E-state index contributed by atoms with van der Waals surface area (Å²) in [6.07, 6.45) is 4.11. The molecule has 0 radical (unpaired) electrons. The van der Waals surface area contributed by atoms with Crippen molar-refractivity contribution in [3.63, 3.8) is 0 Å². The first-order valence-electron chi connectivity index (χ1n) is 8.39. The fourth-order valence-electron chi connectivity index (χ4n) is 2.84. The predicted molar refractivity (Wildman–Crippen MR) is 91.2 cm³/mol. The SMILES string of the molecule is Cc1c(CNC(=O)[C@@H]2C[C@H]2C(=O)NCc2cnn(C)c2C)cnn1C. The molecule has 0 aliphatic heterocycles. The van der Waals surface area contributed by atoms with Crippen molar-refractivity contribution in [2.45, 2.75) is 33.4 Å². The number of carbonyl (C=O) groups is 2. The molecule has 1 saturated carbocycles. The average molecular weight is 344 g/mol. The zero-order chi connectivity index (χ0) is 18.1. The summed E-state index contributed by atoms with van der Waals surface area (Å²) in [5, 5.41) is 14.1. The summed E-state index contributed by atoms with van der Waals surface area (Å²) in [5.74, 6) is -0.596. The van der Waals surface area contributed by atoms with Gasteiger partial charge in [0, 0.05) is 49.7 Å². The van der Waals surface area contributed by atoms with Gasteiger partial charge < -0.3 is 10.6 Å². The third-order valence-electron chi connectivity index (χ3n) is 5.04. The van der Waals surface area contributed by atoms with Gasteiger partial charge in [0.2, 0.25) is 11.8 Å². The van der Waals surface area contributed by atoms with Crippen LogP contribution in [0.2, 0.25) is 0 Å². The zero-order valence-electron chi connectivity index (χ0n) is 15.0. The normalized spacial score (nSPS) is 18.9. The molecule has 2 atom stereocenters. The van der Waals surface area contributed by atoms with E-state index in [4.69, 9.17) is 0 Å². The molecular formula is C17H24N6O2. The maximum absolute atomic E-state index is 12.2. The highest BCUT2D eigenvalue weighted by molar-refractivity contribution is 5.92. The number of hydrogen-bond donors (Lipinski definition) is 2. The molecule has 1 aliphatic carbocycles. The average Bonchev–Trinajstić information content (AvgIpc) is 3.26. The van der Waals surface area contributed by atoms with Crippen LogP contribution in [0.25, 0.3) is 0 Å². The van der Waals surface area contributed by atoms with Gasteiger partial charge in [0.1, 0.15) is 0 Å². The van der Waals surface area contributed by atoms with Crippen molar-refractivity contribution in [3.8, 4) is 0 Å². The second kappa shape index (κ2) is 6.70. The highest BCUT2D eigenvalue weighted by atomic mass is 16.2. The standard InChI is InChI=1S/C17H24N6O2/c1-10-12(8-20-22(10)3)6-18-16(24)14-5-15(14)17(25)19-7-13-9-21-23(4)11(13)2/h8-9,14-15H,5-7H2,1-4H3,(H,18,24)(H,19,25)/t14-,15-/m1/s1. The van der Waals surface area contributed by atoms with Crippen LogP contribution in [-0.4, -0.2) is 31.4 Å². The van der Waals surface area contributed by atoms with Crippen molar-refractivity contribution < 1.29 is 9.59 Å². The van der Waals surface area contributed by atoms with Crippen LogP contribution in [0.1, 0.15) is 28.9 Å². The second-order valence-corrected chi connectivity index (χ2v) is 6.64. The largest absolute Gasteiger partial charge is 0.352 e. The minimum Gasteiger partial charge on any atom is -0.352 e. The maximum Gasteiger partial charge on any atom is 0.224 e. The maximum atomic E-state index is 12.2. The van der Waals surface area contributed by atoms with Crippen molar-refractivity contribution in [1.29, 1.82) is 0 Å². The molecule has 3 rings (SSSR count). The van der Waals surface area contributed by atoms with Crippen LogP contribution < -0.4 is 10.6 Å². The molecule has 25 heavy (non-hydrogen) atoms. The fraction of sp³-hybridized carbons (Fsp3) is 0.529. The smallest absolute Gasteiger partial charge is 0.224 e. The Morgan fingerprint density at radius 1 is 0.960 bits per heavy atom. The highest BCUT2D eigenvalue weighted by Gasteiger charge is 2.47. The molecule has 2 aromatic rings. The van der Waals surface area contributed by atoms with E-state index in [9.17, 15) is 9.59 Å². The molecule has 2 heterocycles. The number of nitrogens with one attached hydrogen (secondary N) is 2. The Balaban J connectivity index is 1.45. The first-order chi connectivity index (χ1) is 11.9. The third kappa shape index (κ3) is 3.57. The Bertz CT molecular complexity index is 740. The van der Waals surface area contributed by atoms with Gasteiger partial charge in [0.15, 0.2) is 0 Å². The van der Waals surface area contributed by atoms with Crippen molar-refractivity contribution in [2.24, 2.45) is 25.9 Å².